The van der Waals surface area contributed by atoms with Crippen LogP contribution in [0, 0.1) is 0 Å². The van der Waals surface area contributed by atoms with Crippen molar-refractivity contribution in [2.24, 2.45) is 0 Å². The SMILES string of the molecule is CCc1ccccc1N(CC(=O)NCc1ccc(OC)cc1)C(C)=O. The molecule has 2 amide bonds. The number of ether oxygens (including phenoxy) is 1. The lowest BCUT2D eigenvalue weighted by molar-refractivity contribution is -0.123. The van der Waals surface area contributed by atoms with Crippen LogP contribution in [0.25, 0.3) is 0 Å². The number of benzene rings is 2. The molecule has 0 aliphatic rings. The number of nitrogens with one attached hydrogen (secondary N) is 1. The van der Waals surface area contributed by atoms with Crippen molar-refractivity contribution in [1.29, 1.82) is 0 Å². The predicted molar refractivity (Wildman–Crippen MR) is 98.7 cm³/mol. The number of hydrogen-bond acceptors (Lipinski definition) is 3. The van der Waals surface area contributed by atoms with Gasteiger partial charge in [-0.2, -0.15) is 0 Å². The lowest BCUT2D eigenvalue weighted by Gasteiger charge is -2.23. The van der Waals surface area contributed by atoms with Crippen molar-refractivity contribution in [1.82, 2.24) is 5.32 Å². The van der Waals surface area contributed by atoms with E-state index in [0.717, 1.165) is 29.0 Å². The van der Waals surface area contributed by atoms with Crippen LogP contribution in [0.15, 0.2) is 48.5 Å². The molecular weight excluding hydrogens is 316 g/mol. The molecule has 0 saturated heterocycles. The Labute approximate surface area is 148 Å². The van der Waals surface area contributed by atoms with Crippen molar-refractivity contribution >= 4 is 17.5 Å². The van der Waals surface area contributed by atoms with Gasteiger partial charge in [0, 0.05) is 19.2 Å². The zero-order valence-electron chi connectivity index (χ0n) is 14.9. The third-order valence-corrected chi connectivity index (χ3v) is 3.99. The first-order chi connectivity index (χ1) is 12.0. The van der Waals surface area contributed by atoms with Crippen molar-refractivity contribution in [3.63, 3.8) is 0 Å². The summed E-state index contributed by atoms with van der Waals surface area (Å²) in [6.07, 6.45) is 0.799. The normalized spacial score (nSPS) is 10.2. The summed E-state index contributed by atoms with van der Waals surface area (Å²) in [6, 6.07) is 15.1. The Bertz CT molecular complexity index is 726. The summed E-state index contributed by atoms with van der Waals surface area (Å²) >= 11 is 0. The summed E-state index contributed by atoms with van der Waals surface area (Å²) in [4.78, 5) is 25.8. The summed E-state index contributed by atoms with van der Waals surface area (Å²) < 4.78 is 5.11. The van der Waals surface area contributed by atoms with Gasteiger partial charge in [-0.05, 0) is 35.7 Å². The van der Waals surface area contributed by atoms with E-state index >= 15 is 0 Å². The summed E-state index contributed by atoms with van der Waals surface area (Å²) in [5.74, 6) is 0.423. The molecule has 0 aromatic heterocycles. The maximum absolute atomic E-state index is 12.3. The number of carbonyl (C=O) groups excluding carboxylic acids is 2. The van der Waals surface area contributed by atoms with Crippen LogP contribution in [-0.4, -0.2) is 25.5 Å². The van der Waals surface area contributed by atoms with Gasteiger partial charge in [0.25, 0.3) is 0 Å². The molecule has 0 aliphatic heterocycles. The quantitative estimate of drug-likeness (QED) is 0.843. The fraction of sp³-hybridized carbons (Fsp3) is 0.300. The van der Waals surface area contributed by atoms with E-state index < -0.39 is 0 Å². The van der Waals surface area contributed by atoms with Gasteiger partial charge in [-0.15, -0.1) is 0 Å². The van der Waals surface area contributed by atoms with Gasteiger partial charge >= 0.3 is 0 Å². The van der Waals surface area contributed by atoms with Gasteiger partial charge in [0.15, 0.2) is 0 Å². The predicted octanol–water partition coefficient (Wildman–Crippen LogP) is 2.93. The molecule has 2 aromatic rings. The van der Waals surface area contributed by atoms with E-state index in [4.69, 9.17) is 4.74 Å². The van der Waals surface area contributed by atoms with Gasteiger partial charge in [0.2, 0.25) is 11.8 Å². The number of hydrogen-bond donors (Lipinski definition) is 1. The molecule has 0 aliphatic carbocycles. The average Bonchev–Trinajstić information content (AvgIpc) is 2.64. The topological polar surface area (TPSA) is 58.6 Å². The van der Waals surface area contributed by atoms with Crippen LogP contribution in [0.4, 0.5) is 5.69 Å². The monoisotopic (exact) mass is 340 g/mol. The second-order valence-electron chi connectivity index (χ2n) is 5.71. The van der Waals surface area contributed by atoms with Crippen LogP contribution >= 0.6 is 0 Å². The van der Waals surface area contributed by atoms with Crippen LogP contribution in [0.2, 0.25) is 0 Å². The minimum Gasteiger partial charge on any atom is -0.497 e. The molecule has 0 unspecified atom stereocenters. The molecule has 2 aromatic carbocycles. The Morgan fingerprint density at radius 2 is 1.76 bits per heavy atom. The molecule has 0 bridgehead atoms. The van der Waals surface area contributed by atoms with Crippen LogP contribution in [0.5, 0.6) is 5.75 Å². The Hall–Kier alpha value is -2.82. The number of amides is 2. The molecule has 0 spiro atoms. The number of rotatable bonds is 7. The molecule has 0 radical (unpaired) electrons. The minimum atomic E-state index is -0.197. The van der Waals surface area contributed by atoms with Gasteiger partial charge < -0.3 is 15.0 Å². The van der Waals surface area contributed by atoms with Crippen LogP contribution in [0.3, 0.4) is 0 Å². The highest BCUT2D eigenvalue weighted by Crippen LogP contribution is 2.21. The number of carbonyl (C=O) groups is 2. The van der Waals surface area contributed by atoms with E-state index in [1.165, 1.54) is 11.8 Å². The van der Waals surface area contributed by atoms with Crippen LogP contribution in [0.1, 0.15) is 25.0 Å². The maximum Gasteiger partial charge on any atom is 0.240 e. The van der Waals surface area contributed by atoms with Crippen molar-refractivity contribution in [2.75, 3.05) is 18.6 Å². The van der Waals surface area contributed by atoms with Gasteiger partial charge in [0.05, 0.1) is 7.11 Å². The first-order valence-corrected chi connectivity index (χ1v) is 8.30. The Kier molecular flexibility index (Phi) is 6.57. The summed E-state index contributed by atoms with van der Waals surface area (Å²) in [5, 5.41) is 2.86. The highest BCUT2D eigenvalue weighted by Gasteiger charge is 2.17. The zero-order valence-corrected chi connectivity index (χ0v) is 14.9. The highest BCUT2D eigenvalue weighted by atomic mass is 16.5. The molecule has 1 N–H and O–H groups in total. The van der Waals surface area contributed by atoms with Gasteiger partial charge in [0.1, 0.15) is 12.3 Å². The lowest BCUT2D eigenvalue weighted by atomic mass is 10.1. The molecule has 2 rings (SSSR count). The lowest BCUT2D eigenvalue weighted by Crippen LogP contribution is -2.40. The van der Waals surface area contributed by atoms with Crippen molar-refractivity contribution < 1.29 is 14.3 Å². The fourth-order valence-corrected chi connectivity index (χ4v) is 2.58. The van der Waals surface area contributed by atoms with Gasteiger partial charge in [-0.3, -0.25) is 9.59 Å². The second kappa shape index (κ2) is 8.87. The van der Waals surface area contributed by atoms with Crippen LogP contribution in [-0.2, 0) is 22.6 Å². The second-order valence-corrected chi connectivity index (χ2v) is 5.71. The van der Waals surface area contributed by atoms with E-state index in [1.54, 1.807) is 7.11 Å². The van der Waals surface area contributed by atoms with Crippen molar-refractivity contribution in [2.45, 2.75) is 26.8 Å². The fourth-order valence-electron chi connectivity index (χ4n) is 2.58. The number of anilines is 1. The standard InChI is InChI=1S/C20H24N2O3/c1-4-17-7-5-6-8-19(17)22(15(2)23)14-20(24)21-13-16-9-11-18(25-3)12-10-16/h5-12H,4,13-14H2,1-3H3,(H,21,24). The molecule has 0 saturated carbocycles. The smallest absolute Gasteiger partial charge is 0.240 e. The van der Waals surface area contributed by atoms with Crippen molar-refractivity contribution in [3.8, 4) is 5.75 Å². The molecular formula is C20H24N2O3. The number of aryl methyl sites for hydroxylation is 1. The number of methoxy groups -OCH3 is 1. The van der Waals surface area contributed by atoms with E-state index in [-0.39, 0.29) is 18.4 Å². The van der Waals surface area contributed by atoms with Gasteiger partial charge in [-0.1, -0.05) is 37.3 Å². The molecule has 5 nitrogen and oxygen atoms in total. The largest absolute Gasteiger partial charge is 0.497 e. The summed E-state index contributed by atoms with van der Waals surface area (Å²) in [5.41, 5.74) is 2.80. The first kappa shape index (κ1) is 18.5. The number of nitrogens with zero attached hydrogens (tertiary/aromatic N) is 1. The molecule has 132 valence electrons. The molecule has 25 heavy (non-hydrogen) atoms. The third-order valence-electron chi connectivity index (χ3n) is 3.99. The molecule has 0 heterocycles. The first-order valence-electron chi connectivity index (χ1n) is 8.30. The van der Waals surface area contributed by atoms with Crippen LogP contribution < -0.4 is 15.0 Å². The Morgan fingerprint density at radius 3 is 2.36 bits per heavy atom. The Morgan fingerprint density at radius 1 is 1.08 bits per heavy atom. The van der Waals surface area contributed by atoms with Crippen molar-refractivity contribution in [3.05, 3.63) is 59.7 Å². The average molecular weight is 340 g/mol. The minimum absolute atomic E-state index is 0.00248. The molecule has 0 fully saturated rings. The van der Waals surface area contributed by atoms with E-state index in [2.05, 4.69) is 5.32 Å². The maximum atomic E-state index is 12.3. The van der Waals surface area contributed by atoms with Gasteiger partial charge in [-0.25, -0.2) is 0 Å². The zero-order chi connectivity index (χ0) is 18.2. The third kappa shape index (κ3) is 5.08. The number of para-hydroxylation sites is 1. The van der Waals surface area contributed by atoms with E-state index in [0.29, 0.717) is 6.54 Å². The van der Waals surface area contributed by atoms with E-state index in [9.17, 15) is 9.59 Å². The molecule has 5 heteroatoms. The highest BCUT2D eigenvalue weighted by molar-refractivity contribution is 5.98. The van der Waals surface area contributed by atoms with E-state index in [1.807, 2.05) is 55.5 Å². The summed E-state index contributed by atoms with van der Waals surface area (Å²) in [6.45, 7) is 3.91. The summed E-state index contributed by atoms with van der Waals surface area (Å²) in [7, 11) is 1.61. The Balaban J connectivity index is 2.01. The molecule has 0 atom stereocenters.